The molecule has 0 fully saturated rings. The van der Waals surface area contributed by atoms with E-state index in [1.807, 2.05) is 0 Å². The molecule has 0 aliphatic heterocycles. The Hall–Kier alpha value is -1.79. The van der Waals surface area contributed by atoms with Crippen LogP contribution in [0.4, 0.5) is 10.7 Å². The summed E-state index contributed by atoms with van der Waals surface area (Å²) in [7, 11) is 5.16. The summed E-state index contributed by atoms with van der Waals surface area (Å²) < 4.78 is 5.79. The molecule has 0 spiro atoms. The molecule has 0 amide bonds. The summed E-state index contributed by atoms with van der Waals surface area (Å²) in [6.45, 7) is 0. The Bertz CT molecular complexity index is 320. The summed E-state index contributed by atoms with van der Waals surface area (Å²) in [5.41, 5.74) is 0. The first-order valence-electron chi connectivity index (χ1n) is 3.50. The van der Waals surface area contributed by atoms with Gasteiger partial charge in [-0.2, -0.15) is 0 Å². The predicted molar refractivity (Wildman–Crippen MR) is 44.0 cm³/mol. The van der Waals surface area contributed by atoms with Crippen molar-refractivity contribution in [3.8, 4) is 6.01 Å². The first-order valence-corrected chi connectivity index (χ1v) is 3.50. The lowest BCUT2D eigenvalue weighted by Gasteiger charge is -2.09. The lowest BCUT2D eigenvalue weighted by molar-refractivity contribution is 0.139. The van der Waals surface area contributed by atoms with E-state index >= 15 is 0 Å². The van der Waals surface area contributed by atoms with E-state index in [0.29, 0.717) is 5.95 Å². The van der Waals surface area contributed by atoms with Crippen LogP contribution in [0.3, 0.4) is 0 Å². The Kier molecular flexibility index (Phi) is 2.36. The van der Waals surface area contributed by atoms with Crippen LogP contribution in [0, 0.1) is 0 Å². The van der Waals surface area contributed by atoms with Gasteiger partial charge in [-0.15, -0.1) is 5.10 Å². The van der Waals surface area contributed by atoms with Crippen LogP contribution in [0.15, 0.2) is 0 Å². The summed E-state index contributed by atoms with van der Waals surface area (Å²) in [4.78, 5) is 11.9. The fourth-order valence-electron chi connectivity index (χ4n) is 0.864. The second-order valence-corrected chi connectivity index (χ2v) is 2.60. The van der Waals surface area contributed by atoms with Crippen LogP contribution in [0.5, 0.6) is 6.01 Å². The van der Waals surface area contributed by atoms with Crippen LogP contribution in [0.2, 0.25) is 0 Å². The third-order valence-corrected chi connectivity index (χ3v) is 1.39. The van der Waals surface area contributed by atoms with Crippen LogP contribution >= 0.6 is 0 Å². The second-order valence-electron chi connectivity index (χ2n) is 2.60. The molecule has 1 N–H and O–H groups in total. The standard InChI is InChI=1S/C6H10N4O3/c1-9(2)4-7-8-5(10(4)3)13-6(11)12/h1-3H3,(H,11,12). The summed E-state index contributed by atoms with van der Waals surface area (Å²) >= 11 is 0. The maximum atomic E-state index is 10.2. The third kappa shape index (κ3) is 1.86. The topological polar surface area (TPSA) is 80.5 Å². The molecule has 1 aromatic heterocycles. The van der Waals surface area contributed by atoms with Crippen molar-refractivity contribution < 1.29 is 14.6 Å². The molecule has 13 heavy (non-hydrogen) atoms. The van der Waals surface area contributed by atoms with Gasteiger partial charge in [-0.25, -0.2) is 4.79 Å². The Morgan fingerprint density at radius 2 is 2.15 bits per heavy atom. The molecule has 0 atom stereocenters. The van der Waals surface area contributed by atoms with Crippen molar-refractivity contribution in [2.24, 2.45) is 7.05 Å². The molecule has 0 aromatic carbocycles. The van der Waals surface area contributed by atoms with E-state index in [1.165, 1.54) is 4.57 Å². The van der Waals surface area contributed by atoms with Gasteiger partial charge < -0.3 is 14.7 Å². The van der Waals surface area contributed by atoms with Gasteiger partial charge in [-0.1, -0.05) is 5.10 Å². The number of carbonyl (C=O) groups is 1. The van der Waals surface area contributed by atoms with E-state index in [9.17, 15) is 4.79 Å². The number of nitrogens with zero attached hydrogens (tertiary/aromatic N) is 4. The Labute approximate surface area is 74.5 Å². The predicted octanol–water partition coefficient (Wildman–Crippen LogP) is -0.0621. The lowest BCUT2D eigenvalue weighted by Crippen LogP contribution is -2.15. The molecule has 1 rings (SSSR count). The first kappa shape index (κ1) is 9.30. The van der Waals surface area contributed by atoms with Gasteiger partial charge in [-0.3, -0.25) is 4.57 Å². The average molecular weight is 186 g/mol. The molecule has 7 nitrogen and oxygen atoms in total. The monoisotopic (exact) mass is 186 g/mol. The number of carboxylic acid groups (broad SMARTS) is 1. The summed E-state index contributed by atoms with van der Waals surface area (Å²) in [6.07, 6.45) is -1.40. The van der Waals surface area contributed by atoms with Crippen molar-refractivity contribution in [2.45, 2.75) is 0 Å². The number of ether oxygens (including phenoxy) is 1. The van der Waals surface area contributed by atoms with Crippen LogP contribution < -0.4 is 9.64 Å². The molecule has 0 radical (unpaired) electrons. The van der Waals surface area contributed by atoms with Gasteiger partial charge in [0.1, 0.15) is 0 Å². The van der Waals surface area contributed by atoms with Gasteiger partial charge in [0.25, 0.3) is 0 Å². The molecule has 0 saturated carbocycles. The smallest absolute Gasteiger partial charge is 0.449 e. The molecular formula is C6H10N4O3. The zero-order valence-electron chi connectivity index (χ0n) is 7.55. The highest BCUT2D eigenvalue weighted by Crippen LogP contribution is 2.13. The quantitative estimate of drug-likeness (QED) is 0.651. The number of hydrogen-bond donors (Lipinski definition) is 1. The highest BCUT2D eigenvalue weighted by atomic mass is 16.7. The molecule has 0 saturated heterocycles. The Morgan fingerprint density at radius 1 is 1.54 bits per heavy atom. The molecule has 0 aliphatic rings. The molecular weight excluding hydrogens is 176 g/mol. The van der Waals surface area contributed by atoms with E-state index < -0.39 is 6.16 Å². The van der Waals surface area contributed by atoms with Crippen LogP contribution in [0.1, 0.15) is 0 Å². The van der Waals surface area contributed by atoms with E-state index in [4.69, 9.17) is 5.11 Å². The van der Waals surface area contributed by atoms with Gasteiger partial charge in [0, 0.05) is 21.1 Å². The summed E-state index contributed by atoms with van der Waals surface area (Å²) in [6, 6.07) is -0.0452. The SMILES string of the molecule is CN(C)c1nnc(OC(=O)O)n1C. The fourth-order valence-corrected chi connectivity index (χ4v) is 0.864. The van der Waals surface area contributed by atoms with E-state index in [0.717, 1.165) is 0 Å². The molecule has 0 bridgehead atoms. The number of anilines is 1. The second kappa shape index (κ2) is 3.30. The molecule has 0 unspecified atom stereocenters. The zero-order chi connectivity index (χ0) is 10.0. The van der Waals surface area contributed by atoms with Gasteiger partial charge in [0.15, 0.2) is 0 Å². The highest BCUT2D eigenvalue weighted by Gasteiger charge is 2.13. The zero-order valence-corrected chi connectivity index (χ0v) is 7.55. The minimum atomic E-state index is -1.40. The molecule has 72 valence electrons. The minimum absolute atomic E-state index is 0.0452. The molecule has 1 heterocycles. The Balaban J connectivity index is 2.92. The van der Waals surface area contributed by atoms with Crippen molar-refractivity contribution in [1.82, 2.24) is 14.8 Å². The summed E-state index contributed by atoms with van der Waals surface area (Å²) in [5, 5.41) is 15.6. The first-order chi connectivity index (χ1) is 6.02. The van der Waals surface area contributed by atoms with E-state index in [2.05, 4.69) is 14.9 Å². The molecule has 7 heteroatoms. The maximum Gasteiger partial charge on any atom is 0.513 e. The number of rotatable bonds is 2. The maximum absolute atomic E-state index is 10.2. The average Bonchev–Trinajstić information content (AvgIpc) is 2.32. The number of hydrogen-bond acceptors (Lipinski definition) is 5. The van der Waals surface area contributed by atoms with Crippen LogP contribution in [-0.4, -0.2) is 40.1 Å². The van der Waals surface area contributed by atoms with Crippen LogP contribution in [0.25, 0.3) is 0 Å². The molecule has 0 aliphatic carbocycles. The van der Waals surface area contributed by atoms with Crippen molar-refractivity contribution in [1.29, 1.82) is 0 Å². The van der Waals surface area contributed by atoms with Gasteiger partial charge >= 0.3 is 12.2 Å². The van der Waals surface area contributed by atoms with Gasteiger partial charge in [0.05, 0.1) is 0 Å². The van der Waals surface area contributed by atoms with Crippen molar-refractivity contribution in [3.63, 3.8) is 0 Å². The molecule has 1 aromatic rings. The van der Waals surface area contributed by atoms with Crippen molar-refractivity contribution in [2.75, 3.05) is 19.0 Å². The fraction of sp³-hybridized carbons (Fsp3) is 0.500. The minimum Gasteiger partial charge on any atom is -0.449 e. The van der Waals surface area contributed by atoms with Crippen molar-refractivity contribution >= 4 is 12.1 Å². The number of aromatic nitrogens is 3. The van der Waals surface area contributed by atoms with Crippen molar-refractivity contribution in [3.05, 3.63) is 0 Å². The normalized spacial score (nSPS) is 9.77. The van der Waals surface area contributed by atoms with Crippen LogP contribution in [-0.2, 0) is 7.05 Å². The van der Waals surface area contributed by atoms with E-state index in [1.54, 1.807) is 26.0 Å². The van der Waals surface area contributed by atoms with Gasteiger partial charge in [0.2, 0.25) is 5.95 Å². The largest absolute Gasteiger partial charge is 0.513 e. The summed E-state index contributed by atoms with van der Waals surface area (Å²) in [5.74, 6) is 0.524. The lowest BCUT2D eigenvalue weighted by atomic mass is 10.8. The van der Waals surface area contributed by atoms with E-state index in [-0.39, 0.29) is 6.01 Å². The Morgan fingerprint density at radius 3 is 2.54 bits per heavy atom. The van der Waals surface area contributed by atoms with Gasteiger partial charge in [-0.05, 0) is 0 Å². The third-order valence-electron chi connectivity index (χ3n) is 1.39. The highest BCUT2D eigenvalue weighted by molar-refractivity contribution is 5.59.